The molecule has 34 heavy (non-hydrogen) atoms. The SMILES string of the molecule is CCCS(=O)(=O)c1ccc2c(c1)CCN2c1cc(OC2CCN(C(=O)OCCF)CC2)ncn1. The summed E-state index contributed by atoms with van der Waals surface area (Å²) in [6.45, 7) is 2.56. The molecule has 0 N–H and O–H groups in total. The highest BCUT2D eigenvalue weighted by Crippen LogP contribution is 2.36. The van der Waals surface area contributed by atoms with Gasteiger partial charge in [-0.1, -0.05) is 6.92 Å². The highest BCUT2D eigenvalue weighted by molar-refractivity contribution is 7.91. The zero-order valence-electron chi connectivity index (χ0n) is 19.2. The first kappa shape index (κ1) is 24.2. The number of rotatable bonds is 8. The molecule has 0 radical (unpaired) electrons. The highest BCUT2D eigenvalue weighted by Gasteiger charge is 2.27. The topological polar surface area (TPSA) is 102 Å². The van der Waals surface area contributed by atoms with E-state index in [0.717, 1.165) is 17.7 Å². The second-order valence-electron chi connectivity index (χ2n) is 8.33. The van der Waals surface area contributed by atoms with E-state index in [1.807, 2.05) is 17.9 Å². The van der Waals surface area contributed by atoms with E-state index < -0.39 is 22.6 Å². The summed E-state index contributed by atoms with van der Waals surface area (Å²) in [5.74, 6) is 1.26. The average Bonchev–Trinajstić information content (AvgIpc) is 3.26. The van der Waals surface area contributed by atoms with E-state index in [0.29, 0.717) is 55.5 Å². The Balaban J connectivity index is 1.40. The lowest BCUT2D eigenvalue weighted by Crippen LogP contribution is -2.42. The van der Waals surface area contributed by atoms with E-state index >= 15 is 0 Å². The number of carbonyl (C=O) groups excluding carboxylic acids is 1. The molecule has 184 valence electrons. The third kappa shape index (κ3) is 5.40. The minimum atomic E-state index is -3.26. The molecule has 0 bridgehead atoms. The number of halogens is 1. The zero-order valence-corrected chi connectivity index (χ0v) is 20.0. The molecule has 1 amide bonds. The number of benzene rings is 1. The minimum absolute atomic E-state index is 0.106. The Labute approximate surface area is 198 Å². The molecule has 0 atom stereocenters. The third-order valence-corrected chi connectivity index (χ3v) is 7.89. The molecule has 1 fully saturated rings. The van der Waals surface area contributed by atoms with Gasteiger partial charge in [-0.3, -0.25) is 0 Å². The number of alkyl halides is 1. The van der Waals surface area contributed by atoms with Crippen LogP contribution in [-0.4, -0.2) is 74.2 Å². The van der Waals surface area contributed by atoms with Crippen molar-refractivity contribution in [3.63, 3.8) is 0 Å². The van der Waals surface area contributed by atoms with E-state index in [1.165, 1.54) is 6.33 Å². The standard InChI is InChI=1S/C23H29FN4O5S/c1-2-13-34(30,31)19-3-4-20-17(14-19)5-11-28(20)21-15-22(26-16-25-21)33-18-6-9-27(10-7-18)23(29)32-12-8-24/h3-4,14-16,18H,2,5-13H2,1H3. The van der Waals surface area contributed by atoms with Gasteiger partial charge in [-0.05, 0) is 36.6 Å². The van der Waals surface area contributed by atoms with Crippen LogP contribution in [0.5, 0.6) is 5.88 Å². The van der Waals surface area contributed by atoms with Crippen molar-refractivity contribution in [2.24, 2.45) is 0 Å². The van der Waals surface area contributed by atoms with Gasteiger partial charge in [0, 0.05) is 44.2 Å². The van der Waals surface area contributed by atoms with Gasteiger partial charge in [0.15, 0.2) is 9.84 Å². The van der Waals surface area contributed by atoms with Crippen molar-refractivity contribution in [3.8, 4) is 5.88 Å². The first-order valence-electron chi connectivity index (χ1n) is 11.5. The van der Waals surface area contributed by atoms with Crippen LogP contribution in [-0.2, 0) is 21.0 Å². The van der Waals surface area contributed by atoms with E-state index in [9.17, 15) is 17.6 Å². The van der Waals surface area contributed by atoms with Gasteiger partial charge in [0.1, 0.15) is 31.5 Å². The van der Waals surface area contributed by atoms with Crippen molar-refractivity contribution in [3.05, 3.63) is 36.2 Å². The summed E-state index contributed by atoms with van der Waals surface area (Å²) < 4.78 is 47.9. The van der Waals surface area contributed by atoms with Crippen molar-refractivity contribution in [2.75, 3.05) is 43.6 Å². The van der Waals surface area contributed by atoms with Crippen LogP contribution in [0.2, 0.25) is 0 Å². The number of anilines is 2. The first-order chi connectivity index (χ1) is 16.4. The molecule has 1 saturated heterocycles. The summed E-state index contributed by atoms with van der Waals surface area (Å²) >= 11 is 0. The Hall–Kier alpha value is -2.95. The zero-order chi connectivity index (χ0) is 24.1. The summed E-state index contributed by atoms with van der Waals surface area (Å²) in [6.07, 6.45) is 3.38. The van der Waals surface area contributed by atoms with Gasteiger partial charge in [-0.25, -0.2) is 27.6 Å². The van der Waals surface area contributed by atoms with Crippen molar-refractivity contribution in [1.29, 1.82) is 0 Å². The summed E-state index contributed by atoms with van der Waals surface area (Å²) in [5, 5.41) is 0. The molecule has 11 heteroatoms. The Bertz CT molecular complexity index is 1120. The van der Waals surface area contributed by atoms with Crippen LogP contribution in [0.4, 0.5) is 20.7 Å². The molecule has 1 aromatic carbocycles. The molecule has 4 rings (SSSR count). The monoisotopic (exact) mass is 492 g/mol. The smallest absolute Gasteiger partial charge is 0.409 e. The maximum absolute atomic E-state index is 12.4. The predicted molar refractivity (Wildman–Crippen MR) is 124 cm³/mol. The van der Waals surface area contributed by atoms with Gasteiger partial charge in [0.2, 0.25) is 5.88 Å². The fourth-order valence-electron chi connectivity index (χ4n) is 4.28. The number of ether oxygens (including phenoxy) is 2. The maximum atomic E-state index is 12.4. The Morgan fingerprint density at radius 1 is 1.18 bits per heavy atom. The van der Waals surface area contributed by atoms with Crippen molar-refractivity contribution in [1.82, 2.24) is 14.9 Å². The second-order valence-corrected chi connectivity index (χ2v) is 10.4. The minimum Gasteiger partial charge on any atom is -0.474 e. The fourth-order valence-corrected chi connectivity index (χ4v) is 5.65. The van der Waals surface area contributed by atoms with Crippen molar-refractivity contribution >= 4 is 27.4 Å². The first-order valence-corrected chi connectivity index (χ1v) is 13.2. The maximum Gasteiger partial charge on any atom is 0.409 e. The number of aromatic nitrogens is 2. The lowest BCUT2D eigenvalue weighted by atomic mass is 10.1. The van der Waals surface area contributed by atoms with Gasteiger partial charge in [0.25, 0.3) is 0 Å². The van der Waals surface area contributed by atoms with Crippen molar-refractivity contribution < 1.29 is 27.1 Å². The third-order valence-electron chi connectivity index (χ3n) is 5.97. The number of amides is 1. The number of hydrogen-bond donors (Lipinski definition) is 0. The van der Waals surface area contributed by atoms with E-state index in [2.05, 4.69) is 9.97 Å². The summed E-state index contributed by atoms with van der Waals surface area (Å²) in [4.78, 5) is 24.4. The number of likely N-dealkylation sites (tertiary alicyclic amines) is 1. The van der Waals surface area contributed by atoms with E-state index in [-0.39, 0.29) is 18.5 Å². The van der Waals surface area contributed by atoms with Gasteiger partial charge in [-0.2, -0.15) is 0 Å². The Kier molecular flexibility index (Phi) is 7.50. The summed E-state index contributed by atoms with van der Waals surface area (Å²) in [6, 6.07) is 7.04. The molecule has 2 aliphatic rings. The molecule has 2 aliphatic heterocycles. The van der Waals surface area contributed by atoms with Crippen LogP contribution in [0.1, 0.15) is 31.7 Å². The molecule has 2 aromatic rings. The van der Waals surface area contributed by atoms with Gasteiger partial charge in [-0.15, -0.1) is 0 Å². The lowest BCUT2D eigenvalue weighted by Gasteiger charge is -2.31. The molecular formula is C23H29FN4O5S. The number of nitrogens with zero attached hydrogens (tertiary/aromatic N) is 4. The Morgan fingerprint density at radius 3 is 2.71 bits per heavy atom. The van der Waals surface area contributed by atoms with Crippen LogP contribution >= 0.6 is 0 Å². The number of hydrogen-bond acceptors (Lipinski definition) is 8. The summed E-state index contributed by atoms with van der Waals surface area (Å²) in [7, 11) is -3.26. The molecule has 0 aliphatic carbocycles. The quantitative estimate of drug-likeness (QED) is 0.553. The Morgan fingerprint density at radius 2 is 1.97 bits per heavy atom. The van der Waals surface area contributed by atoms with Crippen LogP contribution < -0.4 is 9.64 Å². The number of piperidine rings is 1. The van der Waals surface area contributed by atoms with Crippen LogP contribution in [0.3, 0.4) is 0 Å². The molecule has 3 heterocycles. The average molecular weight is 493 g/mol. The van der Waals surface area contributed by atoms with Crippen LogP contribution in [0.25, 0.3) is 0 Å². The lowest BCUT2D eigenvalue weighted by molar-refractivity contribution is 0.0632. The highest BCUT2D eigenvalue weighted by atomic mass is 32.2. The molecule has 0 spiro atoms. The summed E-state index contributed by atoms with van der Waals surface area (Å²) in [5.41, 5.74) is 1.91. The molecule has 0 unspecified atom stereocenters. The van der Waals surface area contributed by atoms with Crippen molar-refractivity contribution in [2.45, 2.75) is 43.6 Å². The van der Waals surface area contributed by atoms with E-state index in [4.69, 9.17) is 9.47 Å². The van der Waals surface area contributed by atoms with Gasteiger partial charge < -0.3 is 19.3 Å². The number of carbonyl (C=O) groups is 1. The number of fused-ring (bicyclic) bond motifs is 1. The molecule has 9 nitrogen and oxygen atoms in total. The second kappa shape index (κ2) is 10.5. The van der Waals surface area contributed by atoms with E-state index in [1.54, 1.807) is 23.1 Å². The van der Waals surface area contributed by atoms with Crippen LogP contribution in [0.15, 0.2) is 35.5 Å². The van der Waals surface area contributed by atoms with Gasteiger partial charge >= 0.3 is 6.09 Å². The fraction of sp³-hybridized carbons (Fsp3) is 0.522. The van der Waals surface area contributed by atoms with Gasteiger partial charge in [0.05, 0.1) is 10.6 Å². The number of sulfone groups is 1. The predicted octanol–water partition coefficient (Wildman–Crippen LogP) is 3.30. The van der Waals surface area contributed by atoms with Crippen LogP contribution in [0, 0.1) is 0 Å². The molecule has 0 saturated carbocycles. The molecule has 1 aromatic heterocycles. The normalized spacial score (nSPS) is 16.4. The largest absolute Gasteiger partial charge is 0.474 e. The molecular weight excluding hydrogens is 463 g/mol.